The van der Waals surface area contributed by atoms with Gasteiger partial charge in [-0.1, -0.05) is 6.07 Å². The Balaban J connectivity index is 1.36. The summed E-state index contributed by atoms with van der Waals surface area (Å²) in [6.07, 6.45) is 10.2. The van der Waals surface area contributed by atoms with E-state index in [-0.39, 0.29) is 6.04 Å². The van der Waals surface area contributed by atoms with Crippen LogP contribution in [0, 0.1) is 0 Å². The van der Waals surface area contributed by atoms with E-state index in [1.165, 1.54) is 12.8 Å². The molecule has 2 fully saturated rings. The molecular formula is C21H29N5O. The maximum Gasteiger partial charge on any atom is 0.239 e. The summed E-state index contributed by atoms with van der Waals surface area (Å²) in [5.74, 6) is 1.84. The van der Waals surface area contributed by atoms with Crippen molar-refractivity contribution in [3.8, 4) is 0 Å². The summed E-state index contributed by atoms with van der Waals surface area (Å²) in [4.78, 5) is 26.3. The van der Waals surface area contributed by atoms with E-state index in [1.54, 1.807) is 0 Å². The number of aromatic nitrogens is 3. The summed E-state index contributed by atoms with van der Waals surface area (Å²) in [5.41, 5.74) is 1.05. The average molecular weight is 367 g/mol. The second kappa shape index (κ2) is 8.21. The second-order valence-electron chi connectivity index (χ2n) is 7.75. The number of nitrogens with zero attached hydrogens (tertiary/aromatic N) is 5. The van der Waals surface area contributed by atoms with E-state index < -0.39 is 0 Å². The molecule has 4 heterocycles. The second-order valence-corrected chi connectivity index (χ2v) is 7.75. The summed E-state index contributed by atoms with van der Waals surface area (Å²) >= 11 is 0. The number of hydrogen-bond donors (Lipinski definition) is 0. The highest BCUT2D eigenvalue weighted by Gasteiger charge is 2.31. The lowest BCUT2D eigenvalue weighted by Gasteiger charge is -2.35. The van der Waals surface area contributed by atoms with Gasteiger partial charge in [-0.05, 0) is 57.8 Å². The Morgan fingerprint density at radius 2 is 1.89 bits per heavy atom. The maximum absolute atomic E-state index is 12.8. The van der Waals surface area contributed by atoms with Crippen LogP contribution in [-0.2, 0) is 11.3 Å². The third-order valence-electron chi connectivity index (χ3n) is 6.02. The van der Waals surface area contributed by atoms with Crippen molar-refractivity contribution in [3.63, 3.8) is 0 Å². The van der Waals surface area contributed by atoms with Crippen LogP contribution in [0.25, 0.3) is 0 Å². The molecule has 0 spiro atoms. The lowest BCUT2D eigenvalue weighted by molar-refractivity contribution is -0.137. The lowest BCUT2D eigenvalue weighted by atomic mass is 9.95. The molecule has 2 aromatic heterocycles. The number of pyridine rings is 1. The van der Waals surface area contributed by atoms with Crippen LogP contribution in [0.15, 0.2) is 36.8 Å². The van der Waals surface area contributed by atoms with Crippen molar-refractivity contribution < 1.29 is 4.79 Å². The molecule has 6 nitrogen and oxygen atoms in total. The molecule has 0 bridgehead atoms. The molecule has 0 N–H and O–H groups in total. The number of amides is 1. The van der Waals surface area contributed by atoms with Crippen molar-refractivity contribution >= 4 is 5.91 Å². The zero-order chi connectivity index (χ0) is 18.6. The molecule has 1 amide bonds. The Bertz CT molecular complexity index is 745. The van der Waals surface area contributed by atoms with Gasteiger partial charge in [0.15, 0.2) is 0 Å². The fourth-order valence-corrected chi connectivity index (χ4v) is 4.39. The molecule has 1 atom stereocenters. The molecule has 2 saturated heterocycles. The van der Waals surface area contributed by atoms with E-state index in [0.717, 1.165) is 57.1 Å². The van der Waals surface area contributed by atoms with E-state index in [2.05, 4.69) is 31.3 Å². The minimum Gasteiger partial charge on any atom is -0.341 e. The number of carbonyl (C=O) groups is 1. The van der Waals surface area contributed by atoms with Gasteiger partial charge < -0.3 is 9.47 Å². The van der Waals surface area contributed by atoms with Crippen molar-refractivity contribution in [2.24, 2.45) is 0 Å². The fourth-order valence-electron chi connectivity index (χ4n) is 4.39. The molecule has 0 aliphatic carbocycles. The third kappa shape index (κ3) is 4.05. The lowest BCUT2D eigenvalue weighted by Crippen LogP contribution is -2.48. The highest BCUT2D eigenvalue weighted by molar-refractivity contribution is 5.81. The van der Waals surface area contributed by atoms with Gasteiger partial charge in [0.2, 0.25) is 5.91 Å². The summed E-state index contributed by atoms with van der Waals surface area (Å²) < 4.78 is 2.21. The topological polar surface area (TPSA) is 54.3 Å². The van der Waals surface area contributed by atoms with Crippen molar-refractivity contribution in [1.29, 1.82) is 0 Å². The molecular weight excluding hydrogens is 338 g/mol. The molecule has 27 heavy (non-hydrogen) atoms. The van der Waals surface area contributed by atoms with Gasteiger partial charge in [-0.25, -0.2) is 4.98 Å². The Hall–Kier alpha value is -2.21. The van der Waals surface area contributed by atoms with Crippen molar-refractivity contribution in [2.75, 3.05) is 26.2 Å². The molecule has 2 aromatic rings. The number of imidazole rings is 1. The molecule has 2 aliphatic rings. The molecule has 2 aliphatic heterocycles. The largest absolute Gasteiger partial charge is 0.341 e. The first kappa shape index (κ1) is 18.2. The van der Waals surface area contributed by atoms with Crippen LogP contribution in [-0.4, -0.2) is 62.5 Å². The first-order valence-electron chi connectivity index (χ1n) is 10.2. The first-order valence-corrected chi connectivity index (χ1v) is 10.2. The predicted molar refractivity (Wildman–Crippen MR) is 104 cm³/mol. The number of likely N-dealkylation sites (tertiary alicyclic amines) is 2. The Morgan fingerprint density at radius 3 is 2.59 bits per heavy atom. The van der Waals surface area contributed by atoms with Crippen LogP contribution in [0.4, 0.5) is 0 Å². The summed E-state index contributed by atoms with van der Waals surface area (Å²) in [7, 11) is 0. The highest BCUT2D eigenvalue weighted by Crippen LogP contribution is 2.28. The zero-order valence-corrected chi connectivity index (χ0v) is 16.1. The normalized spacial score (nSPS) is 20.1. The number of carbonyl (C=O) groups excluding carboxylic acids is 1. The van der Waals surface area contributed by atoms with Gasteiger partial charge in [-0.15, -0.1) is 0 Å². The summed E-state index contributed by atoms with van der Waals surface area (Å²) in [6, 6.07) is 6.03. The minimum absolute atomic E-state index is 0.0233. The zero-order valence-electron chi connectivity index (χ0n) is 16.1. The van der Waals surface area contributed by atoms with Gasteiger partial charge in [0, 0.05) is 37.6 Å². The summed E-state index contributed by atoms with van der Waals surface area (Å²) in [5, 5.41) is 0. The van der Waals surface area contributed by atoms with Crippen LogP contribution < -0.4 is 0 Å². The van der Waals surface area contributed by atoms with Gasteiger partial charge >= 0.3 is 0 Å². The summed E-state index contributed by atoms with van der Waals surface area (Å²) in [6.45, 7) is 6.61. The van der Waals surface area contributed by atoms with Gasteiger partial charge in [0.25, 0.3) is 0 Å². The third-order valence-corrected chi connectivity index (χ3v) is 6.02. The van der Waals surface area contributed by atoms with E-state index in [0.29, 0.717) is 11.8 Å². The standard InChI is InChI=1S/C21H29N5O/c1-17(24-11-4-5-12-24)21(27)25-13-7-18(8-14-25)20-23-10-15-26(20)16-19-6-2-3-9-22-19/h2-3,6,9-10,15,17-18H,4-5,7-8,11-14,16H2,1H3. The van der Waals surface area contributed by atoms with E-state index >= 15 is 0 Å². The molecule has 4 rings (SSSR count). The van der Waals surface area contributed by atoms with E-state index in [1.807, 2.05) is 36.8 Å². The number of piperidine rings is 1. The monoisotopic (exact) mass is 367 g/mol. The van der Waals surface area contributed by atoms with Gasteiger partial charge in [0.05, 0.1) is 18.3 Å². The van der Waals surface area contributed by atoms with E-state index in [4.69, 9.17) is 0 Å². The van der Waals surface area contributed by atoms with Crippen LogP contribution >= 0.6 is 0 Å². The molecule has 1 unspecified atom stereocenters. The van der Waals surface area contributed by atoms with Crippen LogP contribution in [0.5, 0.6) is 0 Å². The average Bonchev–Trinajstić information content (AvgIpc) is 3.40. The Kier molecular flexibility index (Phi) is 5.53. The van der Waals surface area contributed by atoms with E-state index in [9.17, 15) is 4.79 Å². The molecule has 0 aromatic carbocycles. The van der Waals surface area contributed by atoms with Gasteiger partial charge in [0.1, 0.15) is 5.82 Å². The Morgan fingerprint density at radius 1 is 1.11 bits per heavy atom. The predicted octanol–water partition coefficient (Wildman–Crippen LogP) is 2.52. The van der Waals surface area contributed by atoms with Crippen molar-refractivity contribution in [2.45, 2.75) is 51.1 Å². The van der Waals surface area contributed by atoms with Gasteiger partial charge in [-0.2, -0.15) is 0 Å². The Labute approximate surface area is 161 Å². The van der Waals surface area contributed by atoms with Crippen LogP contribution in [0.1, 0.15) is 50.0 Å². The number of hydrogen-bond acceptors (Lipinski definition) is 4. The quantitative estimate of drug-likeness (QED) is 0.815. The molecule has 6 heteroatoms. The van der Waals surface area contributed by atoms with Crippen molar-refractivity contribution in [3.05, 3.63) is 48.3 Å². The van der Waals surface area contributed by atoms with Gasteiger partial charge in [-0.3, -0.25) is 14.7 Å². The minimum atomic E-state index is 0.0233. The highest BCUT2D eigenvalue weighted by atomic mass is 16.2. The molecule has 0 radical (unpaired) electrons. The number of rotatable bonds is 5. The first-order chi connectivity index (χ1) is 13.2. The smallest absolute Gasteiger partial charge is 0.239 e. The van der Waals surface area contributed by atoms with Crippen LogP contribution in [0.2, 0.25) is 0 Å². The SMILES string of the molecule is CC(C(=O)N1CCC(c2nccn2Cc2ccccn2)CC1)N1CCCC1. The maximum atomic E-state index is 12.8. The molecule has 144 valence electrons. The van der Waals surface area contributed by atoms with Crippen molar-refractivity contribution in [1.82, 2.24) is 24.3 Å². The van der Waals surface area contributed by atoms with Crippen LogP contribution in [0.3, 0.4) is 0 Å². The molecule has 0 saturated carbocycles. The fraction of sp³-hybridized carbons (Fsp3) is 0.571.